The Hall–Kier alpha value is -2.53. The van der Waals surface area contributed by atoms with Crippen LogP contribution in [0.25, 0.3) is 11.3 Å². The molecule has 0 atom stereocenters. The van der Waals surface area contributed by atoms with Crippen molar-refractivity contribution in [2.45, 2.75) is 40.7 Å². The number of amides is 1. The molecule has 0 aliphatic heterocycles. The minimum Gasteiger partial charge on any atom is -0.316 e. The minimum absolute atomic E-state index is 0.000619. The highest BCUT2D eigenvalue weighted by molar-refractivity contribution is 7.09. The molecule has 0 bridgehead atoms. The van der Waals surface area contributed by atoms with Gasteiger partial charge in [-0.1, -0.05) is 31.2 Å². The van der Waals surface area contributed by atoms with Crippen molar-refractivity contribution in [1.29, 1.82) is 0 Å². The first-order valence-electron chi connectivity index (χ1n) is 9.10. The van der Waals surface area contributed by atoms with Gasteiger partial charge in [0, 0.05) is 11.4 Å². The molecule has 0 N–H and O–H groups in total. The maximum atomic E-state index is 13.9. The largest absolute Gasteiger partial charge is 0.316 e. The van der Waals surface area contributed by atoms with Gasteiger partial charge in [0.05, 0.1) is 11.3 Å². The fourth-order valence-electron chi connectivity index (χ4n) is 3.06. The molecule has 0 aliphatic carbocycles. The average molecular weight is 383 g/mol. The average Bonchev–Trinajstić information content (AvgIpc) is 3.01. The second-order valence-corrected chi connectivity index (χ2v) is 7.51. The summed E-state index contributed by atoms with van der Waals surface area (Å²) in [5, 5.41) is 0. The fraction of sp³-hybridized carbons (Fsp3) is 0.273. The van der Waals surface area contributed by atoms with Crippen molar-refractivity contribution in [3.05, 3.63) is 74.7 Å². The highest BCUT2D eigenvalue weighted by Gasteiger charge is 2.16. The molecular formula is C22H23FN2OS. The highest BCUT2D eigenvalue weighted by atomic mass is 32.1. The monoisotopic (exact) mass is 382 g/mol. The molecule has 1 amide bonds. The van der Waals surface area contributed by atoms with E-state index in [4.69, 9.17) is 0 Å². The summed E-state index contributed by atoms with van der Waals surface area (Å²) in [7, 11) is 0. The number of hydrogen-bond donors (Lipinski definition) is 0. The minimum atomic E-state index is -0.550. The zero-order valence-electron chi connectivity index (χ0n) is 16.0. The molecule has 0 spiro atoms. The lowest BCUT2D eigenvalue weighted by Crippen LogP contribution is -2.17. The number of halogens is 1. The van der Waals surface area contributed by atoms with E-state index in [0.29, 0.717) is 11.3 Å². The Morgan fingerprint density at radius 2 is 1.85 bits per heavy atom. The first-order chi connectivity index (χ1) is 13.0. The molecular weight excluding hydrogens is 359 g/mol. The Morgan fingerprint density at radius 1 is 1.11 bits per heavy atom. The van der Waals surface area contributed by atoms with Gasteiger partial charge in [-0.15, -0.1) is 11.3 Å². The molecule has 1 aromatic heterocycles. The summed E-state index contributed by atoms with van der Waals surface area (Å²) in [6.45, 7) is 9.00. The van der Waals surface area contributed by atoms with Gasteiger partial charge in [-0.3, -0.25) is 4.79 Å². The Bertz CT molecular complexity index is 1060. The van der Waals surface area contributed by atoms with Crippen molar-refractivity contribution in [3.63, 3.8) is 0 Å². The van der Waals surface area contributed by atoms with Crippen LogP contribution >= 0.6 is 11.3 Å². The fourth-order valence-corrected chi connectivity index (χ4v) is 4.21. The van der Waals surface area contributed by atoms with Crippen LogP contribution in [0.4, 0.5) is 4.39 Å². The summed E-state index contributed by atoms with van der Waals surface area (Å²) in [5.74, 6) is -1.10. The lowest BCUT2D eigenvalue weighted by Gasteiger charge is -2.10. The molecule has 0 saturated carbocycles. The summed E-state index contributed by atoms with van der Waals surface area (Å²) in [4.78, 5) is 18.6. The van der Waals surface area contributed by atoms with Crippen LogP contribution in [0, 0.1) is 19.7 Å². The normalized spacial score (nSPS) is 11.8. The standard InChI is InChI=1S/C22H23FN2OS/c1-5-19-20(16-12-11-14(3)15(4)13-16)25(6-2)22(27-19)24-21(26)17-9-7-8-10-18(17)23/h7-13H,5-6H2,1-4H3. The predicted molar refractivity (Wildman–Crippen MR) is 109 cm³/mol. The Labute approximate surface area is 162 Å². The Balaban J connectivity index is 2.18. The number of aromatic nitrogens is 1. The summed E-state index contributed by atoms with van der Waals surface area (Å²) in [6, 6.07) is 12.4. The molecule has 1 heterocycles. The van der Waals surface area contributed by atoms with E-state index >= 15 is 0 Å². The molecule has 0 saturated heterocycles. The molecule has 0 radical (unpaired) electrons. The number of carbonyl (C=O) groups excluding carboxylic acids is 1. The summed E-state index contributed by atoms with van der Waals surface area (Å²) >= 11 is 1.50. The van der Waals surface area contributed by atoms with Gasteiger partial charge in [-0.05, 0) is 62.1 Å². The van der Waals surface area contributed by atoms with Gasteiger partial charge in [0.1, 0.15) is 5.82 Å². The van der Waals surface area contributed by atoms with Gasteiger partial charge in [0.2, 0.25) is 0 Å². The van der Waals surface area contributed by atoms with Gasteiger partial charge in [0.25, 0.3) is 5.91 Å². The molecule has 0 aliphatic rings. The molecule has 3 rings (SSSR count). The maximum absolute atomic E-state index is 13.9. The van der Waals surface area contributed by atoms with Crippen molar-refractivity contribution < 1.29 is 9.18 Å². The third-order valence-corrected chi connectivity index (χ3v) is 5.92. The molecule has 140 valence electrons. The van der Waals surface area contributed by atoms with Gasteiger partial charge >= 0.3 is 0 Å². The topological polar surface area (TPSA) is 34.4 Å². The van der Waals surface area contributed by atoms with Crippen LogP contribution in [-0.4, -0.2) is 10.5 Å². The van der Waals surface area contributed by atoms with E-state index in [1.54, 1.807) is 12.1 Å². The third kappa shape index (κ3) is 3.78. The molecule has 2 aromatic carbocycles. The number of nitrogens with zero attached hydrogens (tertiary/aromatic N) is 2. The van der Waals surface area contributed by atoms with E-state index in [0.717, 1.165) is 17.7 Å². The zero-order valence-corrected chi connectivity index (χ0v) is 16.9. The quantitative estimate of drug-likeness (QED) is 0.603. The van der Waals surface area contributed by atoms with Gasteiger partial charge < -0.3 is 4.57 Å². The first-order valence-corrected chi connectivity index (χ1v) is 9.91. The van der Waals surface area contributed by atoms with E-state index < -0.39 is 11.7 Å². The second kappa shape index (κ2) is 8.01. The number of thiazole rings is 1. The smallest absolute Gasteiger partial charge is 0.282 e. The van der Waals surface area contributed by atoms with Crippen molar-refractivity contribution >= 4 is 17.2 Å². The Kier molecular flexibility index (Phi) is 5.71. The van der Waals surface area contributed by atoms with Gasteiger partial charge in [-0.25, -0.2) is 4.39 Å². The van der Waals surface area contributed by atoms with Crippen LogP contribution in [-0.2, 0) is 13.0 Å². The number of carbonyl (C=O) groups is 1. The first kappa shape index (κ1) is 19.2. The lowest BCUT2D eigenvalue weighted by molar-refractivity contribution is 0.0994. The van der Waals surface area contributed by atoms with Crippen molar-refractivity contribution in [2.75, 3.05) is 0 Å². The van der Waals surface area contributed by atoms with Crippen molar-refractivity contribution in [3.8, 4) is 11.3 Å². The summed E-state index contributed by atoms with van der Waals surface area (Å²) in [6.07, 6.45) is 0.844. The van der Waals surface area contributed by atoms with E-state index in [-0.39, 0.29) is 5.56 Å². The van der Waals surface area contributed by atoms with Gasteiger partial charge in [-0.2, -0.15) is 4.99 Å². The number of hydrogen-bond acceptors (Lipinski definition) is 2. The predicted octanol–water partition coefficient (Wildman–Crippen LogP) is 5.30. The Morgan fingerprint density at radius 3 is 2.48 bits per heavy atom. The van der Waals surface area contributed by atoms with Crippen LogP contribution in [0.2, 0.25) is 0 Å². The maximum Gasteiger partial charge on any atom is 0.282 e. The number of aryl methyl sites for hydroxylation is 3. The molecule has 0 fully saturated rings. The van der Waals surface area contributed by atoms with E-state index in [2.05, 4.69) is 44.0 Å². The third-order valence-electron chi connectivity index (χ3n) is 4.70. The molecule has 0 unspecified atom stereocenters. The van der Waals surface area contributed by atoms with Crippen LogP contribution < -0.4 is 4.80 Å². The molecule has 27 heavy (non-hydrogen) atoms. The van der Waals surface area contributed by atoms with Crippen molar-refractivity contribution in [2.24, 2.45) is 4.99 Å². The highest BCUT2D eigenvalue weighted by Crippen LogP contribution is 2.28. The summed E-state index contributed by atoms with van der Waals surface area (Å²) < 4.78 is 16.0. The van der Waals surface area contributed by atoms with E-state index in [1.165, 1.54) is 39.5 Å². The number of benzene rings is 2. The van der Waals surface area contributed by atoms with Crippen LogP contribution in [0.3, 0.4) is 0 Å². The SMILES string of the molecule is CCc1sc(=NC(=O)c2ccccc2F)n(CC)c1-c1ccc(C)c(C)c1. The van der Waals surface area contributed by atoms with Gasteiger partial charge in [0.15, 0.2) is 4.80 Å². The van der Waals surface area contributed by atoms with E-state index in [9.17, 15) is 9.18 Å². The van der Waals surface area contributed by atoms with Crippen molar-refractivity contribution in [1.82, 2.24) is 4.57 Å². The van der Waals surface area contributed by atoms with E-state index in [1.807, 2.05) is 11.5 Å². The van der Waals surface area contributed by atoms with Crippen LogP contribution in [0.5, 0.6) is 0 Å². The van der Waals surface area contributed by atoms with Crippen LogP contribution in [0.15, 0.2) is 47.5 Å². The molecule has 3 aromatic rings. The lowest BCUT2D eigenvalue weighted by atomic mass is 10.0. The number of rotatable bonds is 4. The molecule has 3 nitrogen and oxygen atoms in total. The molecule has 5 heteroatoms. The summed E-state index contributed by atoms with van der Waals surface area (Å²) in [5.41, 5.74) is 4.68. The zero-order chi connectivity index (χ0) is 19.6. The second-order valence-electron chi connectivity index (χ2n) is 6.45. The van der Waals surface area contributed by atoms with Crippen LogP contribution in [0.1, 0.15) is 40.2 Å².